The summed E-state index contributed by atoms with van der Waals surface area (Å²) in [6.45, 7) is 11.0. The third-order valence-electron chi connectivity index (χ3n) is 1.69. The molecule has 1 atom stereocenters. The third kappa shape index (κ3) is 9.93. The molecule has 0 aliphatic carbocycles. The Bertz CT molecular complexity index is 196. The molecule has 0 N–H and O–H groups in total. The minimum atomic E-state index is -0.423. The summed E-state index contributed by atoms with van der Waals surface area (Å²) in [6, 6.07) is 0. The summed E-state index contributed by atoms with van der Waals surface area (Å²) in [5.74, 6) is -0.226. The number of ether oxygens (including phenoxy) is 3. The van der Waals surface area contributed by atoms with Crippen molar-refractivity contribution in [2.75, 3.05) is 19.8 Å². The fraction of sp³-hybridized carbons (Fsp3) is 0.917. The molecule has 1 unspecified atom stereocenters. The number of esters is 1. The van der Waals surface area contributed by atoms with Crippen LogP contribution >= 0.6 is 0 Å². The number of rotatable bonds is 7. The molecule has 0 spiro atoms. The SMILES string of the molecule is CCOCC(C)OCCC(=O)OC(C)(C)C. The predicted octanol–water partition coefficient (Wildman–Crippen LogP) is 2.16. The molecule has 0 aromatic carbocycles. The summed E-state index contributed by atoms with van der Waals surface area (Å²) in [6.07, 6.45) is 0.302. The van der Waals surface area contributed by atoms with Crippen molar-refractivity contribution in [2.45, 2.75) is 52.7 Å². The van der Waals surface area contributed by atoms with Crippen LogP contribution in [-0.4, -0.2) is 37.5 Å². The van der Waals surface area contributed by atoms with E-state index in [1.807, 2.05) is 34.6 Å². The predicted molar refractivity (Wildman–Crippen MR) is 62.4 cm³/mol. The van der Waals surface area contributed by atoms with Crippen molar-refractivity contribution in [3.05, 3.63) is 0 Å². The highest BCUT2D eigenvalue weighted by Gasteiger charge is 2.16. The third-order valence-corrected chi connectivity index (χ3v) is 1.69. The number of hydrogen-bond donors (Lipinski definition) is 0. The second-order valence-electron chi connectivity index (χ2n) is 4.68. The molecule has 0 saturated heterocycles. The molecule has 4 heteroatoms. The van der Waals surface area contributed by atoms with Crippen LogP contribution in [0.4, 0.5) is 0 Å². The van der Waals surface area contributed by atoms with Crippen LogP contribution in [0.15, 0.2) is 0 Å². The maximum Gasteiger partial charge on any atom is 0.308 e. The number of hydrogen-bond acceptors (Lipinski definition) is 4. The molecule has 0 radical (unpaired) electrons. The number of carbonyl (C=O) groups is 1. The average Bonchev–Trinajstić information content (AvgIpc) is 2.11. The normalized spacial score (nSPS) is 13.6. The number of carbonyl (C=O) groups excluding carboxylic acids is 1. The molecular formula is C12H24O4. The van der Waals surface area contributed by atoms with Crippen LogP contribution in [0.1, 0.15) is 41.0 Å². The van der Waals surface area contributed by atoms with E-state index in [9.17, 15) is 4.79 Å². The molecule has 0 aliphatic heterocycles. The summed E-state index contributed by atoms with van der Waals surface area (Å²) in [5, 5.41) is 0. The lowest BCUT2D eigenvalue weighted by molar-refractivity contribution is -0.156. The van der Waals surface area contributed by atoms with Crippen LogP contribution in [0.5, 0.6) is 0 Å². The zero-order valence-corrected chi connectivity index (χ0v) is 11.0. The summed E-state index contributed by atoms with van der Waals surface area (Å²) < 4.78 is 15.7. The monoisotopic (exact) mass is 232 g/mol. The molecule has 0 saturated carbocycles. The van der Waals surface area contributed by atoms with Gasteiger partial charge in [0, 0.05) is 6.61 Å². The van der Waals surface area contributed by atoms with E-state index in [4.69, 9.17) is 14.2 Å². The van der Waals surface area contributed by atoms with Gasteiger partial charge in [-0.3, -0.25) is 4.79 Å². The summed E-state index contributed by atoms with van der Waals surface area (Å²) in [7, 11) is 0. The first-order valence-corrected chi connectivity index (χ1v) is 5.76. The molecule has 0 aliphatic rings. The molecule has 0 aromatic heterocycles. The van der Waals surface area contributed by atoms with Crippen LogP contribution in [0.3, 0.4) is 0 Å². The highest BCUT2D eigenvalue weighted by molar-refractivity contribution is 5.69. The standard InChI is InChI=1S/C12H24O4/c1-6-14-9-10(2)15-8-7-11(13)16-12(3,4)5/h10H,6-9H2,1-5H3. The van der Waals surface area contributed by atoms with Gasteiger partial charge < -0.3 is 14.2 Å². The van der Waals surface area contributed by atoms with Gasteiger partial charge in [0.2, 0.25) is 0 Å². The lowest BCUT2D eigenvalue weighted by atomic mass is 10.2. The topological polar surface area (TPSA) is 44.8 Å². The van der Waals surface area contributed by atoms with Crippen molar-refractivity contribution in [3.8, 4) is 0 Å². The van der Waals surface area contributed by atoms with E-state index in [0.717, 1.165) is 0 Å². The molecule has 16 heavy (non-hydrogen) atoms. The molecule has 4 nitrogen and oxygen atoms in total. The largest absolute Gasteiger partial charge is 0.460 e. The minimum Gasteiger partial charge on any atom is -0.460 e. The molecule has 0 rings (SSSR count). The van der Waals surface area contributed by atoms with Gasteiger partial charge in [-0.15, -0.1) is 0 Å². The molecule has 0 bridgehead atoms. The van der Waals surface area contributed by atoms with Gasteiger partial charge in [-0.25, -0.2) is 0 Å². The average molecular weight is 232 g/mol. The second kappa shape index (κ2) is 7.63. The Morgan fingerprint density at radius 3 is 2.44 bits per heavy atom. The quantitative estimate of drug-likeness (QED) is 0.631. The summed E-state index contributed by atoms with van der Waals surface area (Å²) in [5.41, 5.74) is -0.423. The van der Waals surface area contributed by atoms with Crippen molar-refractivity contribution in [1.29, 1.82) is 0 Å². The van der Waals surface area contributed by atoms with Crippen LogP contribution in [0.2, 0.25) is 0 Å². The molecule has 0 heterocycles. The fourth-order valence-corrected chi connectivity index (χ4v) is 1.07. The molecular weight excluding hydrogens is 208 g/mol. The van der Waals surface area contributed by atoms with Gasteiger partial charge in [0.15, 0.2) is 0 Å². The zero-order chi connectivity index (χ0) is 12.6. The van der Waals surface area contributed by atoms with Gasteiger partial charge in [0.05, 0.1) is 25.7 Å². The summed E-state index contributed by atoms with van der Waals surface area (Å²) in [4.78, 5) is 11.3. The highest BCUT2D eigenvalue weighted by Crippen LogP contribution is 2.08. The van der Waals surface area contributed by atoms with Crippen LogP contribution in [-0.2, 0) is 19.0 Å². The molecule has 96 valence electrons. The van der Waals surface area contributed by atoms with E-state index < -0.39 is 5.60 Å². The first-order chi connectivity index (χ1) is 7.35. The first-order valence-electron chi connectivity index (χ1n) is 5.76. The van der Waals surface area contributed by atoms with Crippen molar-refractivity contribution < 1.29 is 19.0 Å². The Kier molecular flexibility index (Phi) is 7.34. The minimum absolute atomic E-state index is 0.0161. The maximum atomic E-state index is 11.3. The van der Waals surface area contributed by atoms with Crippen LogP contribution < -0.4 is 0 Å². The Morgan fingerprint density at radius 1 is 1.31 bits per heavy atom. The van der Waals surface area contributed by atoms with Gasteiger partial charge >= 0.3 is 5.97 Å². The van der Waals surface area contributed by atoms with Crippen LogP contribution in [0, 0.1) is 0 Å². The molecule has 0 amide bonds. The Morgan fingerprint density at radius 2 is 1.94 bits per heavy atom. The highest BCUT2D eigenvalue weighted by atomic mass is 16.6. The first kappa shape index (κ1) is 15.4. The fourth-order valence-electron chi connectivity index (χ4n) is 1.07. The Hall–Kier alpha value is -0.610. The van der Waals surface area contributed by atoms with Crippen molar-refractivity contribution in [3.63, 3.8) is 0 Å². The molecule has 0 fully saturated rings. The van der Waals surface area contributed by atoms with E-state index >= 15 is 0 Å². The lowest BCUT2D eigenvalue weighted by Gasteiger charge is -2.19. The van der Waals surface area contributed by atoms with Gasteiger partial charge in [-0.05, 0) is 34.6 Å². The smallest absolute Gasteiger partial charge is 0.308 e. The summed E-state index contributed by atoms with van der Waals surface area (Å²) >= 11 is 0. The van der Waals surface area contributed by atoms with Crippen LogP contribution in [0.25, 0.3) is 0 Å². The Balaban J connectivity index is 3.54. The van der Waals surface area contributed by atoms with E-state index in [-0.39, 0.29) is 18.5 Å². The second-order valence-corrected chi connectivity index (χ2v) is 4.68. The van der Waals surface area contributed by atoms with Gasteiger partial charge in [-0.2, -0.15) is 0 Å². The van der Waals surface area contributed by atoms with E-state index in [1.165, 1.54) is 0 Å². The lowest BCUT2D eigenvalue weighted by Crippen LogP contribution is -2.25. The van der Waals surface area contributed by atoms with E-state index in [0.29, 0.717) is 19.8 Å². The van der Waals surface area contributed by atoms with Gasteiger partial charge in [0.1, 0.15) is 5.60 Å². The van der Waals surface area contributed by atoms with Gasteiger partial charge in [0.25, 0.3) is 0 Å². The van der Waals surface area contributed by atoms with Crippen molar-refractivity contribution >= 4 is 5.97 Å². The van der Waals surface area contributed by atoms with Crippen molar-refractivity contribution in [1.82, 2.24) is 0 Å². The zero-order valence-electron chi connectivity index (χ0n) is 11.0. The van der Waals surface area contributed by atoms with E-state index in [1.54, 1.807) is 0 Å². The maximum absolute atomic E-state index is 11.3. The Labute approximate surface area is 98.3 Å². The molecule has 0 aromatic rings. The van der Waals surface area contributed by atoms with Crippen molar-refractivity contribution in [2.24, 2.45) is 0 Å². The van der Waals surface area contributed by atoms with Gasteiger partial charge in [-0.1, -0.05) is 0 Å². The van der Waals surface area contributed by atoms with E-state index in [2.05, 4.69) is 0 Å².